The molecule has 2 aliphatic rings. The monoisotopic (exact) mass is 440 g/mol. The average molecular weight is 441 g/mol. The zero-order valence-corrected chi connectivity index (χ0v) is 20.4. The van der Waals surface area contributed by atoms with Crippen molar-refractivity contribution in [3.8, 4) is 0 Å². The SMILES string of the molecule is CC[C@H]1OC(=O)C(C)C[C@H](C)C[C@](C)(OC)C[C@@H](C)C(=O)[C@H](C)COC2C(=O)O[C@@]21C. The van der Waals surface area contributed by atoms with E-state index in [0.29, 0.717) is 19.3 Å². The molecule has 0 aromatic carbocycles. The Hall–Kier alpha value is -1.47. The van der Waals surface area contributed by atoms with Crippen molar-refractivity contribution in [1.29, 1.82) is 0 Å². The number of carbonyl (C=O) groups is 3. The Morgan fingerprint density at radius 2 is 1.61 bits per heavy atom. The van der Waals surface area contributed by atoms with Gasteiger partial charge in [-0.25, -0.2) is 4.79 Å². The van der Waals surface area contributed by atoms with Crippen LogP contribution in [0.4, 0.5) is 0 Å². The van der Waals surface area contributed by atoms with Crippen LogP contribution < -0.4 is 0 Å². The quantitative estimate of drug-likeness (QED) is 0.605. The third-order valence-electron chi connectivity index (χ3n) is 6.98. The number of hydrogen-bond acceptors (Lipinski definition) is 7. The van der Waals surface area contributed by atoms with E-state index in [1.165, 1.54) is 0 Å². The van der Waals surface area contributed by atoms with Crippen molar-refractivity contribution in [3.05, 3.63) is 0 Å². The van der Waals surface area contributed by atoms with Crippen molar-refractivity contribution in [2.75, 3.05) is 13.7 Å². The number of fused-ring (bicyclic) bond motifs is 1. The first kappa shape index (κ1) is 25.8. The number of ether oxygens (including phenoxy) is 4. The predicted molar refractivity (Wildman–Crippen MR) is 115 cm³/mol. The minimum Gasteiger partial charge on any atom is -0.458 e. The number of rotatable bonds is 2. The fraction of sp³-hybridized carbons (Fsp3) is 0.875. The van der Waals surface area contributed by atoms with Gasteiger partial charge in [0.2, 0.25) is 0 Å². The van der Waals surface area contributed by atoms with Gasteiger partial charge in [0.15, 0.2) is 11.7 Å². The molecule has 0 aromatic rings. The third kappa shape index (κ3) is 5.67. The Balaban J connectivity index is 2.30. The molecule has 2 aliphatic heterocycles. The Morgan fingerprint density at radius 3 is 2.16 bits per heavy atom. The van der Waals surface area contributed by atoms with Gasteiger partial charge >= 0.3 is 11.9 Å². The van der Waals surface area contributed by atoms with Crippen LogP contribution in [0.3, 0.4) is 0 Å². The van der Waals surface area contributed by atoms with Crippen LogP contribution in [0, 0.1) is 23.7 Å². The van der Waals surface area contributed by atoms with E-state index < -0.39 is 29.4 Å². The maximum atomic E-state index is 13.0. The Morgan fingerprint density at radius 1 is 0.968 bits per heavy atom. The number of esters is 2. The number of hydrogen-bond donors (Lipinski definition) is 0. The van der Waals surface area contributed by atoms with Gasteiger partial charge in [-0.3, -0.25) is 9.59 Å². The Bertz CT molecular complexity index is 677. The summed E-state index contributed by atoms with van der Waals surface area (Å²) in [5, 5.41) is 0. The van der Waals surface area contributed by atoms with Gasteiger partial charge in [0.25, 0.3) is 0 Å². The molecule has 2 heterocycles. The molecule has 7 nitrogen and oxygen atoms in total. The van der Waals surface area contributed by atoms with Crippen LogP contribution in [0.5, 0.6) is 0 Å². The summed E-state index contributed by atoms with van der Waals surface area (Å²) >= 11 is 0. The summed E-state index contributed by atoms with van der Waals surface area (Å²) in [6, 6.07) is 0. The van der Waals surface area contributed by atoms with Crippen LogP contribution in [0.2, 0.25) is 0 Å². The van der Waals surface area contributed by atoms with Crippen LogP contribution >= 0.6 is 0 Å². The van der Waals surface area contributed by atoms with Gasteiger partial charge in [0.1, 0.15) is 11.9 Å². The van der Waals surface area contributed by atoms with E-state index in [1.54, 1.807) is 14.0 Å². The van der Waals surface area contributed by atoms with E-state index in [4.69, 9.17) is 18.9 Å². The fourth-order valence-corrected chi connectivity index (χ4v) is 5.16. The summed E-state index contributed by atoms with van der Waals surface area (Å²) in [6.07, 6.45) is 0.980. The molecule has 7 heteroatoms. The predicted octanol–water partition coefficient (Wildman–Crippen LogP) is 3.71. The van der Waals surface area contributed by atoms with Crippen molar-refractivity contribution >= 4 is 17.7 Å². The molecule has 0 saturated carbocycles. The van der Waals surface area contributed by atoms with Gasteiger partial charge in [-0.15, -0.1) is 0 Å². The molecule has 31 heavy (non-hydrogen) atoms. The highest BCUT2D eigenvalue weighted by Gasteiger charge is 2.60. The Labute approximate surface area is 186 Å². The van der Waals surface area contributed by atoms with Crippen molar-refractivity contribution in [1.82, 2.24) is 0 Å². The lowest BCUT2D eigenvalue weighted by Crippen LogP contribution is -2.68. The second-order valence-corrected chi connectivity index (χ2v) is 10.2. The highest BCUT2D eigenvalue weighted by molar-refractivity contribution is 5.84. The van der Waals surface area contributed by atoms with E-state index in [-0.39, 0.29) is 42.0 Å². The smallest absolute Gasteiger partial charge is 0.340 e. The lowest BCUT2D eigenvalue weighted by atomic mass is 9.79. The number of carbonyl (C=O) groups excluding carboxylic acids is 3. The molecule has 0 N–H and O–H groups in total. The maximum Gasteiger partial charge on any atom is 0.340 e. The molecule has 2 fully saturated rings. The van der Waals surface area contributed by atoms with E-state index in [1.807, 2.05) is 34.6 Å². The first-order chi connectivity index (χ1) is 14.4. The first-order valence-corrected chi connectivity index (χ1v) is 11.5. The van der Waals surface area contributed by atoms with Crippen molar-refractivity contribution in [3.63, 3.8) is 0 Å². The normalized spacial score (nSPS) is 43.4. The van der Waals surface area contributed by atoms with Crippen LogP contribution in [0.15, 0.2) is 0 Å². The first-order valence-electron chi connectivity index (χ1n) is 11.5. The zero-order chi connectivity index (χ0) is 23.6. The molecular formula is C24H40O7. The fourth-order valence-electron chi connectivity index (χ4n) is 5.16. The molecule has 0 spiro atoms. The summed E-state index contributed by atoms with van der Waals surface area (Å²) in [7, 11) is 1.67. The minimum absolute atomic E-state index is 0.0873. The molecule has 0 aliphatic carbocycles. The van der Waals surface area contributed by atoms with Gasteiger partial charge < -0.3 is 18.9 Å². The number of cyclic esters (lactones) is 1. The maximum absolute atomic E-state index is 13.0. The highest BCUT2D eigenvalue weighted by Crippen LogP contribution is 2.38. The summed E-state index contributed by atoms with van der Waals surface area (Å²) in [5.74, 6) is -1.39. The molecule has 8 atom stereocenters. The van der Waals surface area contributed by atoms with E-state index in [2.05, 4.69) is 6.92 Å². The van der Waals surface area contributed by atoms with Crippen LogP contribution in [0.25, 0.3) is 0 Å². The molecule has 2 rings (SSSR count). The summed E-state index contributed by atoms with van der Waals surface area (Å²) in [6.45, 7) is 13.4. The van der Waals surface area contributed by atoms with Crippen molar-refractivity contribution in [2.45, 2.75) is 97.6 Å². The standard InChI is InChI=1S/C24H40O7/c1-9-18-24(7)20(22(27)31-24)29-13-17(5)19(25)16(4)12-23(6,28-8)11-14(2)10-15(3)21(26)30-18/h14-18,20H,9-13H2,1-8H3/t14-,15?,16+,17+,18+,20?,23-,24+/m0/s1. The van der Waals surface area contributed by atoms with E-state index >= 15 is 0 Å². The number of ketones is 1. The minimum atomic E-state index is -1.05. The van der Waals surface area contributed by atoms with Gasteiger partial charge in [0.05, 0.1) is 18.1 Å². The zero-order valence-electron chi connectivity index (χ0n) is 20.4. The van der Waals surface area contributed by atoms with Gasteiger partial charge in [-0.2, -0.15) is 0 Å². The van der Waals surface area contributed by atoms with E-state index in [9.17, 15) is 14.4 Å². The Kier molecular flexibility index (Phi) is 8.31. The highest BCUT2D eigenvalue weighted by atomic mass is 16.7. The van der Waals surface area contributed by atoms with Gasteiger partial charge in [-0.1, -0.05) is 34.6 Å². The summed E-state index contributed by atoms with van der Waals surface area (Å²) < 4.78 is 22.9. The molecule has 2 saturated heterocycles. The van der Waals surface area contributed by atoms with Gasteiger partial charge in [0, 0.05) is 18.9 Å². The number of methoxy groups -OCH3 is 1. The second-order valence-electron chi connectivity index (χ2n) is 10.2. The third-order valence-corrected chi connectivity index (χ3v) is 6.98. The second kappa shape index (κ2) is 9.99. The molecule has 178 valence electrons. The molecule has 2 unspecified atom stereocenters. The van der Waals surface area contributed by atoms with Crippen LogP contribution in [0.1, 0.15) is 74.1 Å². The largest absolute Gasteiger partial charge is 0.458 e. The molecule has 0 radical (unpaired) electrons. The van der Waals surface area contributed by atoms with Crippen LogP contribution in [-0.2, 0) is 33.3 Å². The van der Waals surface area contributed by atoms with Crippen molar-refractivity contribution in [2.24, 2.45) is 23.7 Å². The number of Topliss-reactive ketones (excluding diaryl/α,β-unsaturated/α-hetero) is 1. The lowest BCUT2D eigenvalue weighted by Gasteiger charge is -2.48. The van der Waals surface area contributed by atoms with Crippen LogP contribution in [-0.4, -0.2) is 54.8 Å². The lowest BCUT2D eigenvalue weighted by molar-refractivity contribution is -0.263. The van der Waals surface area contributed by atoms with Crippen molar-refractivity contribution < 1.29 is 33.3 Å². The van der Waals surface area contributed by atoms with Gasteiger partial charge in [-0.05, 0) is 45.4 Å². The molecule has 0 bridgehead atoms. The molecule has 0 amide bonds. The van der Waals surface area contributed by atoms with E-state index in [0.717, 1.165) is 6.42 Å². The summed E-state index contributed by atoms with van der Waals surface area (Å²) in [5.41, 5.74) is -1.52. The topological polar surface area (TPSA) is 88.1 Å². The molecule has 0 aromatic heterocycles. The summed E-state index contributed by atoms with van der Waals surface area (Å²) in [4.78, 5) is 38.0. The molecular weight excluding hydrogens is 400 g/mol. The average Bonchev–Trinajstić information content (AvgIpc) is 2.69.